The number of carbonyl (C=O) groups is 1. The number of carbonyl (C=O) groups excluding carboxylic acids is 1. The number of rotatable bonds is 6. The van der Waals surface area contributed by atoms with Crippen molar-refractivity contribution in [2.75, 3.05) is 5.32 Å². The summed E-state index contributed by atoms with van der Waals surface area (Å²) in [4.78, 5) is 14.5. The van der Waals surface area contributed by atoms with Gasteiger partial charge in [0.15, 0.2) is 0 Å². The van der Waals surface area contributed by atoms with E-state index < -0.39 is 5.92 Å². The van der Waals surface area contributed by atoms with Gasteiger partial charge in [0, 0.05) is 0 Å². The van der Waals surface area contributed by atoms with Crippen molar-refractivity contribution in [2.45, 2.75) is 25.3 Å². The molecule has 6 heteroatoms. The Labute approximate surface area is 145 Å². The van der Waals surface area contributed by atoms with Crippen LogP contribution in [0.15, 0.2) is 60.7 Å². The van der Waals surface area contributed by atoms with Crippen molar-refractivity contribution in [1.29, 1.82) is 0 Å². The van der Waals surface area contributed by atoms with Crippen LogP contribution in [-0.4, -0.2) is 26.1 Å². The van der Waals surface area contributed by atoms with Gasteiger partial charge in [-0.2, -0.15) is 4.80 Å². The molecule has 25 heavy (non-hydrogen) atoms. The maximum Gasteiger partial charge on any atom is 0.270 e. The number of aromatic nitrogens is 4. The van der Waals surface area contributed by atoms with E-state index in [1.807, 2.05) is 60.7 Å². The fourth-order valence-electron chi connectivity index (χ4n) is 2.87. The summed E-state index contributed by atoms with van der Waals surface area (Å²) in [5, 5.41) is 15.0. The molecular weight excluding hydrogens is 314 g/mol. The highest BCUT2D eigenvalue weighted by Crippen LogP contribution is 2.30. The third-order valence-corrected chi connectivity index (χ3v) is 4.33. The van der Waals surface area contributed by atoms with E-state index in [9.17, 15) is 4.79 Å². The molecule has 0 spiro atoms. The van der Waals surface area contributed by atoms with Crippen LogP contribution in [0.4, 0.5) is 5.95 Å². The number of amides is 1. The summed E-state index contributed by atoms with van der Waals surface area (Å²) in [7, 11) is 0. The zero-order chi connectivity index (χ0) is 17.1. The summed E-state index contributed by atoms with van der Waals surface area (Å²) in [5.41, 5.74) is 1.85. The maximum absolute atomic E-state index is 12.9. The zero-order valence-electron chi connectivity index (χ0n) is 13.7. The summed E-state index contributed by atoms with van der Waals surface area (Å²) in [6.07, 6.45) is 2.43. The molecular formula is C19H19N5O. The molecule has 1 saturated carbocycles. The Morgan fingerprint density at radius 3 is 2.20 bits per heavy atom. The van der Waals surface area contributed by atoms with E-state index in [-0.39, 0.29) is 11.9 Å². The number of tetrazole rings is 1. The smallest absolute Gasteiger partial charge is 0.270 e. The highest BCUT2D eigenvalue weighted by Gasteiger charge is 2.25. The number of benzene rings is 2. The van der Waals surface area contributed by atoms with Crippen molar-refractivity contribution < 1.29 is 4.79 Å². The first-order valence-electron chi connectivity index (χ1n) is 8.48. The Balaban J connectivity index is 1.56. The first-order chi connectivity index (χ1) is 12.3. The molecule has 0 radical (unpaired) electrons. The van der Waals surface area contributed by atoms with Gasteiger partial charge in [0.25, 0.3) is 5.95 Å². The Morgan fingerprint density at radius 1 is 1.04 bits per heavy atom. The van der Waals surface area contributed by atoms with Crippen LogP contribution in [0.1, 0.15) is 29.9 Å². The molecule has 3 aromatic rings. The molecule has 6 nitrogen and oxygen atoms in total. The van der Waals surface area contributed by atoms with E-state index in [0.29, 0.717) is 5.92 Å². The summed E-state index contributed by atoms with van der Waals surface area (Å²) in [5.74, 6) is 0.322. The van der Waals surface area contributed by atoms with Crippen LogP contribution in [0.2, 0.25) is 0 Å². The molecule has 4 rings (SSSR count). The van der Waals surface area contributed by atoms with Crippen molar-refractivity contribution in [2.24, 2.45) is 5.92 Å². The minimum absolute atomic E-state index is 0.164. The van der Waals surface area contributed by atoms with Crippen LogP contribution in [0, 0.1) is 5.92 Å². The number of anilines is 1. The number of nitrogens with one attached hydrogen (secondary N) is 1. The summed E-state index contributed by atoms with van der Waals surface area (Å²) in [6, 6.07) is 19.4. The third kappa shape index (κ3) is 3.74. The summed E-state index contributed by atoms with van der Waals surface area (Å²) < 4.78 is 0. The lowest BCUT2D eigenvalue weighted by Gasteiger charge is -2.16. The van der Waals surface area contributed by atoms with Crippen LogP contribution in [-0.2, 0) is 11.3 Å². The lowest BCUT2D eigenvalue weighted by Crippen LogP contribution is -2.23. The molecule has 1 aliphatic carbocycles. The topological polar surface area (TPSA) is 72.7 Å². The lowest BCUT2D eigenvalue weighted by atomic mass is 9.90. The third-order valence-electron chi connectivity index (χ3n) is 4.33. The Bertz CT molecular complexity index is 803. The first kappa shape index (κ1) is 15.5. The molecule has 0 aliphatic heterocycles. The number of hydrogen-bond acceptors (Lipinski definition) is 4. The van der Waals surface area contributed by atoms with Gasteiger partial charge in [-0.25, -0.2) is 0 Å². The van der Waals surface area contributed by atoms with Gasteiger partial charge in [-0.05, 0) is 35.1 Å². The molecule has 2 aromatic carbocycles. The monoisotopic (exact) mass is 333 g/mol. The highest BCUT2D eigenvalue weighted by molar-refractivity contribution is 5.96. The number of hydrogen-bond donors (Lipinski definition) is 1. The average molecular weight is 333 g/mol. The van der Waals surface area contributed by atoms with Crippen molar-refractivity contribution in [1.82, 2.24) is 20.2 Å². The molecule has 1 aromatic heterocycles. The second-order valence-corrected chi connectivity index (χ2v) is 6.35. The minimum atomic E-state index is -0.419. The van der Waals surface area contributed by atoms with Gasteiger partial charge in [-0.15, -0.1) is 5.10 Å². The molecule has 1 N–H and O–H groups in total. The van der Waals surface area contributed by atoms with Gasteiger partial charge in [-0.1, -0.05) is 65.8 Å². The fourth-order valence-corrected chi connectivity index (χ4v) is 2.87. The van der Waals surface area contributed by atoms with Gasteiger partial charge in [-0.3, -0.25) is 10.1 Å². The van der Waals surface area contributed by atoms with Crippen LogP contribution in [0.25, 0.3) is 0 Å². The van der Waals surface area contributed by atoms with Crippen molar-refractivity contribution in [3.05, 3.63) is 71.8 Å². The van der Waals surface area contributed by atoms with E-state index in [1.54, 1.807) is 4.80 Å². The van der Waals surface area contributed by atoms with Gasteiger partial charge < -0.3 is 0 Å². The summed E-state index contributed by atoms with van der Waals surface area (Å²) in [6.45, 7) is 0.768. The van der Waals surface area contributed by atoms with Crippen LogP contribution in [0.5, 0.6) is 0 Å². The molecule has 1 aliphatic rings. The molecule has 1 heterocycles. The SMILES string of the molecule is O=C(Nc1nnn(CC2CC2)n1)C(c1ccccc1)c1ccccc1. The Hall–Kier alpha value is -3.02. The summed E-state index contributed by atoms with van der Waals surface area (Å²) >= 11 is 0. The lowest BCUT2D eigenvalue weighted by molar-refractivity contribution is -0.116. The van der Waals surface area contributed by atoms with E-state index in [4.69, 9.17) is 0 Å². The van der Waals surface area contributed by atoms with E-state index in [2.05, 4.69) is 20.7 Å². The zero-order valence-corrected chi connectivity index (χ0v) is 13.7. The predicted molar refractivity (Wildman–Crippen MR) is 93.9 cm³/mol. The van der Waals surface area contributed by atoms with Gasteiger partial charge in [0.1, 0.15) is 0 Å². The van der Waals surface area contributed by atoms with E-state index in [1.165, 1.54) is 12.8 Å². The van der Waals surface area contributed by atoms with Crippen molar-refractivity contribution in [3.8, 4) is 0 Å². The largest absolute Gasteiger partial charge is 0.291 e. The quantitative estimate of drug-likeness (QED) is 0.753. The molecule has 0 saturated heterocycles. The minimum Gasteiger partial charge on any atom is -0.291 e. The number of nitrogens with zero attached hydrogens (tertiary/aromatic N) is 4. The standard InChI is InChI=1S/C19H19N5O/c25-18(20-19-21-23-24(22-19)13-14-11-12-14)17(15-7-3-1-4-8-15)16-9-5-2-6-10-16/h1-10,14,17H,11-13H2,(H,20,22,25). The van der Waals surface area contributed by atoms with E-state index >= 15 is 0 Å². The van der Waals surface area contributed by atoms with Gasteiger partial charge in [0.05, 0.1) is 12.5 Å². The molecule has 1 fully saturated rings. The van der Waals surface area contributed by atoms with Crippen LogP contribution >= 0.6 is 0 Å². The fraction of sp³-hybridized carbons (Fsp3) is 0.263. The molecule has 1 amide bonds. The van der Waals surface area contributed by atoms with Gasteiger partial charge >= 0.3 is 0 Å². The molecule has 126 valence electrons. The van der Waals surface area contributed by atoms with Crippen molar-refractivity contribution in [3.63, 3.8) is 0 Å². The first-order valence-corrected chi connectivity index (χ1v) is 8.48. The van der Waals surface area contributed by atoms with E-state index in [0.717, 1.165) is 17.7 Å². The Kier molecular flexibility index (Phi) is 4.24. The predicted octanol–water partition coefficient (Wildman–Crippen LogP) is 2.85. The maximum atomic E-state index is 12.9. The van der Waals surface area contributed by atoms with Crippen LogP contribution in [0.3, 0.4) is 0 Å². The second-order valence-electron chi connectivity index (χ2n) is 6.35. The normalized spacial score (nSPS) is 13.8. The van der Waals surface area contributed by atoms with Crippen molar-refractivity contribution >= 4 is 11.9 Å². The molecule has 0 atom stereocenters. The second kappa shape index (κ2) is 6.84. The Morgan fingerprint density at radius 2 is 1.64 bits per heavy atom. The molecule has 0 unspecified atom stereocenters. The highest BCUT2D eigenvalue weighted by atomic mass is 16.2. The average Bonchev–Trinajstić information content (AvgIpc) is 3.35. The molecule has 0 bridgehead atoms. The van der Waals surface area contributed by atoms with Crippen LogP contribution < -0.4 is 5.32 Å². The van der Waals surface area contributed by atoms with Gasteiger partial charge in [0.2, 0.25) is 5.91 Å².